The van der Waals surface area contributed by atoms with Gasteiger partial charge in [0, 0.05) is 38.7 Å². The minimum atomic E-state index is 0.0494. The Balaban J connectivity index is 2.10. The van der Waals surface area contributed by atoms with Gasteiger partial charge in [-0.05, 0) is 38.5 Å². The van der Waals surface area contributed by atoms with Crippen LogP contribution in [0, 0.1) is 0 Å². The second-order valence-electron chi connectivity index (χ2n) is 6.75. The van der Waals surface area contributed by atoms with Gasteiger partial charge in [-0.25, -0.2) is 4.98 Å². The highest BCUT2D eigenvalue weighted by molar-refractivity contribution is 5.80. The molecule has 0 radical (unpaired) electrons. The molecule has 26 heavy (non-hydrogen) atoms. The molecule has 2 aromatic rings. The van der Waals surface area contributed by atoms with E-state index in [2.05, 4.69) is 11.1 Å². The standard InChI is InChI=1S/C20H31N3O3/c1-15(2)26-16(3)6-5-7-20-21-18-14-17(8-9-19(18)22(20)4)23(10-12-24)11-13-25/h8-9,14-15,24-25H,3,5-7,10-13H2,1-2,4H3. The topological polar surface area (TPSA) is 70.8 Å². The Morgan fingerprint density at radius 2 is 1.96 bits per heavy atom. The predicted molar refractivity (Wildman–Crippen MR) is 105 cm³/mol. The van der Waals surface area contributed by atoms with Crippen LogP contribution in [0.1, 0.15) is 32.5 Å². The van der Waals surface area contributed by atoms with Gasteiger partial charge < -0.3 is 24.4 Å². The fourth-order valence-corrected chi connectivity index (χ4v) is 3.11. The molecule has 2 N–H and O–H groups in total. The van der Waals surface area contributed by atoms with Crippen molar-refractivity contribution in [1.82, 2.24) is 9.55 Å². The number of aliphatic hydroxyl groups is 2. The van der Waals surface area contributed by atoms with Crippen LogP contribution in [0.4, 0.5) is 5.69 Å². The van der Waals surface area contributed by atoms with E-state index in [0.717, 1.165) is 47.6 Å². The molecule has 0 saturated heterocycles. The summed E-state index contributed by atoms with van der Waals surface area (Å²) in [6.45, 7) is 9.05. The number of imidazole rings is 1. The number of allylic oxidation sites excluding steroid dienone is 1. The second kappa shape index (κ2) is 9.59. The summed E-state index contributed by atoms with van der Waals surface area (Å²) in [6.07, 6.45) is 2.79. The number of nitrogens with zero attached hydrogens (tertiary/aromatic N) is 3. The molecule has 6 nitrogen and oxygen atoms in total. The van der Waals surface area contributed by atoms with Gasteiger partial charge in [0.15, 0.2) is 0 Å². The number of hydrogen-bond acceptors (Lipinski definition) is 5. The third kappa shape index (κ3) is 5.22. The van der Waals surface area contributed by atoms with E-state index >= 15 is 0 Å². The summed E-state index contributed by atoms with van der Waals surface area (Å²) in [7, 11) is 2.03. The minimum Gasteiger partial charge on any atom is -0.496 e. The highest BCUT2D eigenvalue weighted by atomic mass is 16.5. The maximum Gasteiger partial charge on any atom is 0.109 e. The van der Waals surface area contributed by atoms with Gasteiger partial charge in [-0.15, -0.1) is 0 Å². The Morgan fingerprint density at radius 3 is 2.58 bits per heavy atom. The molecule has 0 saturated carbocycles. The molecular formula is C20H31N3O3. The normalized spacial score (nSPS) is 11.3. The molecule has 0 spiro atoms. The van der Waals surface area contributed by atoms with E-state index in [1.807, 2.05) is 44.0 Å². The first-order chi connectivity index (χ1) is 12.5. The molecule has 0 unspecified atom stereocenters. The number of hydrogen-bond donors (Lipinski definition) is 2. The van der Waals surface area contributed by atoms with Gasteiger partial charge in [0.25, 0.3) is 0 Å². The van der Waals surface area contributed by atoms with Crippen molar-refractivity contribution in [2.75, 3.05) is 31.2 Å². The van der Waals surface area contributed by atoms with Gasteiger partial charge in [-0.3, -0.25) is 0 Å². The highest BCUT2D eigenvalue weighted by Gasteiger charge is 2.12. The zero-order valence-corrected chi connectivity index (χ0v) is 16.1. The summed E-state index contributed by atoms with van der Waals surface area (Å²) in [6, 6.07) is 6.08. The molecular weight excluding hydrogens is 330 g/mol. The second-order valence-corrected chi connectivity index (χ2v) is 6.75. The SMILES string of the molecule is C=C(CCCc1nc2cc(N(CCO)CCO)ccc2n1C)OC(C)C. The molecule has 144 valence electrons. The number of rotatable bonds is 11. The van der Waals surface area contributed by atoms with Crippen molar-refractivity contribution in [2.45, 2.75) is 39.2 Å². The molecule has 0 aliphatic carbocycles. The third-order valence-corrected chi connectivity index (χ3v) is 4.32. The Labute approximate surface area is 155 Å². The summed E-state index contributed by atoms with van der Waals surface area (Å²) < 4.78 is 7.72. The van der Waals surface area contributed by atoms with Crippen molar-refractivity contribution < 1.29 is 14.9 Å². The van der Waals surface area contributed by atoms with Crippen molar-refractivity contribution in [2.24, 2.45) is 7.05 Å². The van der Waals surface area contributed by atoms with Crippen LogP contribution < -0.4 is 4.90 Å². The van der Waals surface area contributed by atoms with Crippen LogP contribution in [0.5, 0.6) is 0 Å². The fraction of sp³-hybridized carbons (Fsp3) is 0.550. The molecule has 6 heteroatoms. The van der Waals surface area contributed by atoms with Gasteiger partial charge in [0.2, 0.25) is 0 Å². The van der Waals surface area contributed by atoms with E-state index in [1.54, 1.807) is 0 Å². The quantitative estimate of drug-likeness (QED) is 0.602. The molecule has 0 fully saturated rings. The first-order valence-electron chi connectivity index (χ1n) is 9.22. The zero-order valence-electron chi connectivity index (χ0n) is 16.1. The van der Waals surface area contributed by atoms with Gasteiger partial charge in [0.1, 0.15) is 5.82 Å². The zero-order chi connectivity index (χ0) is 19.1. The lowest BCUT2D eigenvalue weighted by atomic mass is 10.2. The van der Waals surface area contributed by atoms with E-state index in [0.29, 0.717) is 13.1 Å². The van der Waals surface area contributed by atoms with Crippen molar-refractivity contribution in [3.63, 3.8) is 0 Å². The van der Waals surface area contributed by atoms with E-state index in [-0.39, 0.29) is 19.3 Å². The van der Waals surface area contributed by atoms with E-state index < -0.39 is 0 Å². The maximum absolute atomic E-state index is 9.22. The summed E-state index contributed by atoms with van der Waals surface area (Å²) in [5.74, 6) is 1.86. The van der Waals surface area contributed by atoms with Crippen molar-refractivity contribution in [3.8, 4) is 0 Å². The van der Waals surface area contributed by atoms with E-state index in [9.17, 15) is 10.2 Å². The van der Waals surface area contributed by atoms with Crippen LogP contribution in [-0.2, 0) is 18.2 Å². The Bertz CT molecular complexity index is 718. The van der Waals surface area contributed by atoms with Gasteiger partial charge in [-0.2, -0.15) is 0 Å². The van der Waals surface area contributed by atoms with Crippen LogP contribution in [0.15, 0.2) is 30.5 Å². The van der Waals surface area contributed by atoms with Gasteiger partial charge >= 0.3 is 0 Å². The molecule has 0 aliphatic heterocycles. The molecule has 0 aliphatic rings. The number of aromatic nitrogens is 2. The summed E-state index contributed by atoms with van der Waals surface area (Å²) >= 11 is 0. The number of aliphatic hydroxyl groups excluding tert-OH is 2. The fourth-order valence-electron chi connectivity index (χ4n) is 3.11. The largest absolute Gasteiger partial charge is 0.496 e. The van der Waals surface area contributed by atoms with Crippen LogP contribution >= 0.6 is 0 Å². The smallest absolute Gasteiger partial charge is 0.109 e. The number of fused-ring (bicyclic) bond motifs is 1. The number of benzene rings is 1. The number of anilines is 1. The van der Waals surface area contributed by atoms with Crippen molar-refractivity contribution in [1.29, 1.82) is 0 Å². The number of ether oxygens (including phenoxy) is 1. The number of aryl methyl sites for hydroxylation is 2. The monoisotopic (exact) mass is 361 g/mol. The van der Waals surface area contributed by atoms with E-state index in [4.69, 9.17) is 9.72 Å². The minimum absolute atomic E-state index is 0.0494. The molecule has 0 bridgehead atoms. The Kier molecular flexibility index (Phi) is 7.48. The maximum atomic E-state index is 9.22. The lowest BCUT2D eigenvalue weighted by Crippen LogP contribution is -2.29. The Morgan fingerprint density at radius 1 is 1.27 bits per heavy atom. The molecule has 0 atom stereocenters. The Hall–Kier alpha value is -2.05. The summed E-state index contributed by atoms with van der Waals surface area (Å²) in [4.78, 5) is 6.73. The molecule has 1 aromatic heterocycles. The first kappa shape index (κ1) is 20.3. The predicted octanol–water partition coefficient (Wildman–Crippen LogP) is 2.63. The van der Waals surface area contributed by atoms with Crippen LogP contribution in [-0.4, -0.2) is 52.2 Å². The summed E-state index contributed by atoms with van der Waals surface area (Å²) in [5.41, 5.74) is 2.97. The highest BCUT2D eigenvalue weighted by Crippen LogP contribution is 2.23. The van der Waals surface area contributed by atoms with Gasteiger partial charge in [0.05, 0.1) is 36.1 Å². The van der Waals surface area contributed by atoms with Crippen molar-refractivity contribution in [3.05, 3.63) is 36.4 Å². The van der Waals surface area contributed by atoms with E-state index in [1.165, 1.54) is 0 Å². The van der Waals surface area contributed by atoms with Crippen molar-refractivity contribution >= 4 is 16.7 Å². The first-order valence-corrected chi connectivity index (χ1v) is 9.22. The van der Waals surface area contributed by atoms with Crippen LogP contribution in [0.3, 0.4) is 0 Å². The average Bonchev–Trinajstić information content (AvgIpc) is 2.89. The van der Waals surface area contributed by atoms with Gasteiger partial charge in [-0.1, -0.05) is 6.58 Å². The lowest BCUT2D eigenvalue weighted by molar-refractivity contribution is 0.140. The summed E-state index contributed by atoms with van der Waals surface area (Å²) in [5, 5.41) is 18.4. The third-order valence-electron chi connectivity index (χ3n) is 4.32. The molecule has 2 rings (SSSR count). The molecule has 1 heterocycles. The molecule has 1 aromatic carbocycles. The average molecular weight is 361 g/mol. The van der Waals surface area contributed by atoms with Crippen LogP contribution in [0.2, 0.25) is 0 Å². The lowest BCUT2D eigenvalue weighted by Gasteiger charge is -2.22. The molecule has 0 amide bonds. The van der Waals surface area contributed by atoms with Crippen LogP contribution in [0.25, 0.3) is 11.0 Å².